The Hall–Kier alpha value is -4.59. The average Bonchev–Trinajstić information content (AvgIpc) is 3.29. The number of hydrogen-bond acceptors (Lipinski definition) is 12. The highest BCUT2D eigenvalue weighted by Gasteiger charge is 2.35. The SMILES string of the molecule is CCOC(=O)Oc1ccc(/C=C/C(=O)OC(C)CCOc2no[n+]([O-])c2S(=O)(=O)c2ccccc2)cc1OC. The molecular formula is C25H26N2O11S. The molecule has 14 heteroatoms. The summed E-state index contributed by atoms with van der Waals surface area (Å²) in [4.78, 5) is 23.4. The van der Waals surface area contributed by atoms with Crippen LogP contribution in [0.4, 0.5) is 4.79 Å². The number of nitrogens with zero attached hydrogens (tertiary/aromatic N) is 2. The van der Waals surface area contributed by atoms with Crippen molar-refractivity contribution in [2.24, 2.45) is 0 Å². The van der Waals surface area contributed by atoms with Crippen LogP contribution in [0.5, 0.6) is 17.4 Å². The molecule has 2 aromatic carbocycles. The van der Waals surface area contributed by atoms with Gasteiger partial charge in [0.2, 0.25) is 0 Å². The summed E-state index contributed by atoms with van der Waals surface area (Å²) < 4.78 is 55.6. The van der Waals surface area contributed by atoms with Gasteiger partial charge in [-0.2, -0.15) is 0 Å². The number of benzene rings is 2. The normalized spacial score (nSPS) is 12.1. The molecule has 0 spiro atoms. The van der Waals surface area contributed by atoms with Gasteiger partial charge in [-0.05, 0) is 54.7 Å². The standard InChI is InChI=1S/C25H26N2O11S/c1-4-34-25(29)37-20-12-10-18(16-21(20)33-3)11-13-22(28)36-17(2)14-15-35-23-24(27(30)38-26-23)39(31,32)19-8-6-5-7-9-19/h5-13,16-17H,4,14-15H2,1-3H3/b13-11+. The van der Waals surface area contributed by atoms with Gasteiger partial charge in [-0.25, -0.2) is 18.0 Å². The number of methoxy groups -OCH3 is 1. The van der Waals surface area contributed by atoms with Gasteiger partial charge in [-0.1, -0.05) is 24.3 Å². The minimum Gasteiger partial charge on any atom is -0.493 e. The predicted octanol–water partition coefficient (Wildman–Crippen LogP) is 3.10. The van der Waals surface area contributed by atoms with Gasteiger partial charge in [0.15, 0.2) is 11.5 Å². The van der Waals surface area contributed by atoms with E-state index >= 15 is 0 Å². The molecule has 0 fully saturated rings. The Kier molecular flexibility index (Phi) is 9.86. The molecule has 1 unspecified atom stereocenters. The molecule has 0 N–H and O–H groups in total. The molecule has 13 nitrogen and oxygen atoms in total. The van der Waals surface area contributed by atoms with Gasteiger partial charge in [0.05, 0.1) is 30.4 Å². The summed E-state index contributed by atoms with van der Waals surface area (Å²) in [5.41, 5.74) is 0.570. The van der Waals surface area contributed by atoms with Crippen molar-refractivity contribution in [2.45, 2.75) is 36.3 Å². The highest BCUT2D eigenvalue weighted by molar-refractivity contribution is 7.91. The second kappa shape index (κ2) is 13.3. The third-order valence-electron chi connectivity index (χ3n) is 4.99. The Morgan fingerprint density at radius 3 is 2.59 bits per heavy atom. The van der Waals surface area contributed by atoms with Gasteiger partial charge >= 0.3 is 23.0 Å². The molecule has 0 aliphatic heterocycles. The Balaban J connectivity index is 1.54. The average molecular weight is 563 g/mol. The van der Waals surface area contributed by atoms with Crippen molar-refractivity contribution in [1.29, 1.82) is 0 Å². The molecule has 39 heavy (non-hydrogen) atoms. The smallest absolute Gasteiger partial charge is 0.493 e. The Morgan fingerprint density at radius 1 is 1.15 bits per heavy atom. The lowest BCUT2D eigenvalue weighted by Crippen LogP contribution is -2.31. The molecule has 0 aliphatic rings. The fourth-order valence-electron chi connectivity index (χ4n) is 3.13. The van der Waals surface area contributed by atoms with Crippen molar-refractivity contribution >= 4 is 28.0 Å². The van der Waals surface area contributed by atoms with Crippen LogP contribution in [0.2, 0.25) is 0 Å². The van der Waals surface area contributed by atoms with Gasteiger partial charge in [0.25, 0.3) is 9.84 Å². The summed E-state index contributed by atoms with van der Waals surface area (Å²) in [5.74, 6) is -0.750. The fourth-order valence-corrected chi connectivity index (χ4v) is 4.43. The maximum Gasteiger partial charge on any atom is 0.513 e. The zero-order valence-corrected chi connectivity index (χ0v) is 22.1. The van der Waals surface area contributed by atoms with Crippen molar-refractivity contribution in [3.8, 4) is 17.4 Å². The first-order valence-corrected chi connectivity index (χ1v) is 13.1. The lowest BCUT2D eigenvalue weighted by Gasteiger charge is -2.11. The van der Waals surface area contributed by atoms with Crippen LogP contribution in [0.1, 0.15) is 25.8 Å². The van der Waals surface area contributed by atoms with Gasteiger partial charge < -0.3 is 28.9 Å². The second-order valence-corrected chi connectivity index (χ2v) is 9.64. The Morgan fingerprint density at radius 2 is 1.90 bits per heavy atom. The van der Waals surface area contributed by atoms with E-state index in [1.54, 1.807) is 32.0 Å². The molecule has 1 aromatic heterocycles. The minimum absolute atomic E-state index is 0.124. The van der Waals surface area contributed by atoms with E-state index in [0.29, 0.717) is 5.56 Å². The van der Waals surface area contributed by atoms with Crippen LogP contribution >= 0.6 is 0 Å². The molecule has 3 aromatic rings. The quantitative estimate of drug-likeness (QED) is 0.137. The highest BCUT2D eigenvalue weighted by Crippen LogP contribution is 2.29. The summed E-state index contributed by atoms with van der Waals surface area (Å²) in [6.07, 6.45) is 1.33. The zero-order chi connectivity index (χ0) is 28.4. The first kappa shape index (κ1) is 29.0. The molecule has 208 valence electrons. The third-order valence-corrected chi connectivity index (χ3v) is 6.72. The maximum atomic E-state index is 12.8. The van der Waals surface area contributed by atoms with E-state index in [1.165, 1.54) is 49.6 Å². The first-order valence-electron chi connectivity index (χ1n) is 11.6. The first-order chi connectivity index (χ1) is 18.6. The predicted molar refractivity (Wildman–Crippen MR) is 133 cm³/mol. The van der Waals surface area contributed by atoms with Crippen molar-refractivity contribution < 1.29 is 51.2 Å². The van der Waals surface area contributed by atoms with Crippen LogP contribution in [-0.4, -0.2) is 52.1 Å². The Labute approximate surface area is 223 Å². The molecule has 0 saturated carbocycles. The van der Waals surface area contributed by atoms with E-state index in [4.69, 9.17) is 23.7 Å². The van der Waals surface area contributed by atoms with Crippen LogP contribution in [-0.2, 0) is 24.1 Å². The summed E-state index contributed by atoms with van der Waals surface area (Å²) in [6, 6.07) is 11.9. The van der Waals surface area contributed by atoms with Crippen molar-refractivity contribution in [2.75, 3.05) is 20.3 Å². The molecule has 3 rings (SSSR count). The van der Waals surface area contributed by atoms with Crippen LogP contribution in [0, 0.1) is 5.21 Å². The number of sulfone groups is 1. The summed E-state index contributed by atoms with van der Waals surface area (Å²) in [7, 11) is -2.84. The molecule has 0 radical (unpaired) electrons. The van der Waals surface area contributed by atoms with Crippen molar-refractivity contribution in [1.82, 2.24) is 5.16 Å². The third kappa shape index (κ3) is 7.70. The minimum atomic E-state index is -4.24. The Bertz CT molecular complexity index is 1420. The number of carbonyl (C=O) groups is 2. The fraction of sp³-hybridized carbons (Fsp3) is 0.280. The van der Waals surface area contributed by atoms with Crippen LogP contribution in [0.3, 0.4) is 0 Å². The van der Waals surface area contributed by atoms with E-state index < -0.39 is 39.0 Å². The van der Waals surface area contributed by atoms with Crippen molar-refractivity contribution in [3.63, 3.8) is 0 Å². The lowest BCUT2D eigenvalue weighted by molar-refractivity contribution is -0.832. The molecule has 0 aliphatic carbocycles. The van der Waals surface area contributed by atoms with E-state index in [1.807, 2.05) is 0 Å². The monoisotopic (exact) mass is 562 g/mol. The maximum absolute atomic E-state index is 12.8. The van der Waals surface area contributed by atoms with Crippen molar-refractivity contribution in [3.05, 3.63) is 65.4 Å². The van der Waals surface area contributed by atoms with E-state index in [9.17, 15) is 23.2 Å². The number of ether oxygens (including phenoxy) is 5. The van der Waals surface area contributed by atoms with Gasteiger partial charge in [0, 0.05) is 12.5 Å². The number of esters is 1. The molecule has 0 amide bonds. The highest BCUT2D eigenvalue weighted by atomic mass is 32.2. The molecule has 0 bridgehead atoms. The van der Waals surface area contributed by atoms with E-state index in [-0.39, 0.29) is 40.9 Å². The summed E-state index contributed by atoms with van der Waals surface area (Å²) >= 11 is 0. The molecular weight excluding hydrogens is 536 g/mol. The second-order valence-electron chi connectivity index (χ2n) is 7.77. The van der Waals surface area contributed by atoms with Gasteiger partial charge in [-0.15, -0.1) is 0 Å². The largest absolute Gasteiger partial charge is 0.513 e. The van der Waals surface area contributed by atoms with Gasteiger partial charge in [-0.3, -0.25) is 4.63 Å². The molecule has 1 atom stereocenters. The number of carbonyl (C=O) groups excluding carboxylic acids is 2. The van der Waals surface area contributed by atoms with E-state index in [0.717, 1.165) is 0 Å². The van der Waals surface area contributed by atoms with Crippen LogP contribution < -0.4 is 19.1 Å². The molecule has 1 heterocycles. The van der Waals surface area contributed by atoms with Crippen LogP contribution in [0.25, 0.3) is 6.08 Å². The van der Waals surface area contributed by atoms with Crippen LogP contribution in [0.15, 0.2) is 69.2 Å². The number of aromatic nitrogens is 2. The number of hydrogen-bond donors (Lipinski definition) is 0. The van der Waals surface area contributed by atoms with Gasteiger partial charge in [0.1, 0.15) is 6.10 Å². The number of rotatable bonds is 12. The van der Waals surface area contributed by atoms with E-state index in [2.05, 4.69) is 9.79 Å². The topological polar surface area (TPSA) is 167 Å². The lowest BCUT2D eigenvalue weighted by atomic mass is 10.2. The zero-order valence-electron chi connectivity index (χ0n) is 21.3. The molecule has 0 saturated heterocycles. The summed E-state index contributed by atoms with van der Waals surface area (Å²) in [5, 5.41) is 14.5. The summed E-state index contributed by atoms with van der Waals surface area (Å²) in [6.45, 7) is 3.29.